The fraction of sp³-hybridized carbons (Fsp3) is 0.421. The Morgan fingerprint density at radius 2 is 2.04 bits per heavy atom. The fourth-order valence-corrected chi connectivity index (χ4v) is 3.54. The van der Waals surface area contributed by atoms with E-state index in [-0.39, 0.29) is 18.9 Å². The Hall–Kier alpha value is -2.47. The normalized spacial score (nSPS) is 23.6. The number of aromatic nitrogens is 1. The quantitative estimate of drug-likeness (QED) is 0.887. The summed E-state index contributed by atoms with van der Waals surface area (Å²) < 4.78 is 0. The molecule has 1 aliphatic heterocycles. The van der Waals surface area contributed by atoms with E-state index in [0.29, 0.717) is 24.4 Å². The van der Waals surface area contributed by atoms with Crippen LogP contribution in [0.5, 0.6) is 0 Å². The number of β-amino-alcohol motifs (C(OH)–C–C–N with tert-alkyl or cyclic N) is 1. The molecule has 6 nitrogen and oxygen atoms in total. The van der Waals surface area contributed by atoms with Crippen LogP contribution in [0.1, 0.15) is 47.7 Å². The van der Waals surface area contributed by atoms with Crippen LogP contribution in [0, 0.1) is 0 Å². The Labute approximate surface area is 145 Å². The van der Waals surface area contributed by atoms with E-state index >= 15 is 0 Å². The van der Waals surface area contributed by atoms with E-state index in [1.165, 1.54) is 4.90 Å². The van der Waals surface area contributed by atoms with Crippen LogP contribution in [0.15, 0.2) is 30.3 Å². The van der Waals surface area contributed by atoms with Gasteiger partial charge >= 0.3 is 0 Å². The first-order chi connectivity index (χ1) is 12.0. The summed E-state index contributed by atoms with van der Waals surface area (Å²) in [5.74, 6) is -0.525. The zero-order valence-corrected chi connectivity index (χ0v) is 13.9. The highest BCUT2D eigenvalue weighted by Crippen LogP contribution is 2.40. The van der Waals surface area contributed by atoms with Crippen molar-refractivity contribution in [2.75, 3.05) is 13.1 Å². The largest absolute Gasteiger partial charge is 0.378 e. The van der Waals surface area contributed by atoms with Gasteiger partial charge in [-0.25, -0.2) is 0 Å². The van der Waals surface area contributed by atoms with Gasteiger partial charge in [0.05, 0.1) is 17.6 Å². The first-order valence-electron chi connectivity index (χ1n) is 8.69. The van der Waals surface area contributed by atoms with Crippen molar-refractivity contribution in [3.05, 3.63) is 41.6 Å². The smallest absolute Gasteiger partial charge is 0.254 e. The van der Waals surface area contributed by atoms with Gasteiger partial charge in [-0.2, -0.15) is 0 Å². The van der Waals surface area contributed by atoms with Gasteiger partial charge in [-0.1, -0.05) is 18.2 Å². The number of hydrogen-bond acceptors (Lipinski definition) is 4. The molecule has 25 heavy (non-hydrogen) atoms. The number of likely N-dealkylation sites (tertiary alicyclic amines) is 1. The summed E-state index contributed by atoms with van der Waals surface area (Å²) in [6.45, 7) is 0.445. The second kappa shape index (κ2) is 5.81. The Bertz CT molecular complexity index is 862. The summed E-state index contributed by atoms with van der Waals surface area (Å²) in [5.41, 5.74) is 6.02. The van der Waals surface area contributed by atoms with Gasteiger partial charge in [0.15, 0.2) is 5.60 Å². The molecule has 2 aliphatic rings. The van der Waals surface area contributed by atoms with Crippen LogP contribution >= 0.6 is 0 Å². The highest BCUT2D eigenvalue weighted by atomic mass is 16.3. The van der Waals surface area contributed by atoms with Crippen LogP contribution < -0.4 is 5.73 Å². The fourth-order valence-electron chi connectivity index (χ4n) is 3.54. The molecular weight excluding hydrogens is 318 g/mol. The molecule has 1 atom stereocenters. The van der Waals surface area contributed by atoms with E-state index in [1.54, 1.807) is 0 Å². The number of para-hydroxylation sites is 1. The molecule has 2 heterocycles. The number of pyridine rings is 1. The molecule has 4 rings (SSSR count). The van der Waals surface area contributed by atoms with Gasteiger partial charge < -0.3 is 15.7 Å². The maximum atomic E-state index is 13.2. The van der Waals surface area contributed by atoms with Crippen molar-refractivity contribution in [1.82, 2.24) is 9.88 Å². The predicted octanol–water partition coefficient (Wildman–Crippen LogP) is 1.56. The van der Waals surface area contributed by atoms with Crippen LogP contribution in [0.4, 0.5) is 0 Å². The maximum Gasteiger partial charge on any atom is 0.254 e. The summed E-state index contributed by atoms with van der Waals surface area (Å²) in [5, 5.41) is 11.2. The minimum Gasteiger partial charge on any atom is -0.378 e. The van der Waals surface area contributed by atoms with Gasteiger partial charge in [-0.05, 0) is 37.8 Å². The Balaban J connectivity index is 1.73. The third-order valence-electron chi connectivity index (χ3n) is 5.18. The summed E-state index contributed by atoms with van der Waals surface area (Å²) in [4.78, 5) is 30.9. The number of carbonyl (C=O) groups excluding carboxylic acids is 2. The van der Waals surface area contributed by atoms with Crippen molar-refractivity contribution in [1.29, 1.82) is 0 Å². The second-order valence-corrected chi connectivity index (χ2v) is 7.11. The minimum atomic E-state index is -1.64. The molecule has 3 N–H and O–H groups in total. The first-order valence-corrected chi connectivity index (χ1v) is 8.69. The summed E-state index contributed by atoms with van der Waals surface area (Å²) in [6.07, 6.45) is 3.04. The SMILES string of the molecule is NC(=O)[C@]1(O)CCCN(C(=O)c2cc(C3CC3)nc3ccccc23)C1. The van der Waals surface area contributed by atoms with Gasteiger partial charge in [0.1, 0.15) is 0 Å². The van der Waals surface area contributed by atoms with Crippen LogP contribution in [0.25, 0.3) is 10.9 Å². The molecule has 1 saturated heterocycles. The molecule has 0 unspecified atom stereocenters. The van der Waals surface area contributed by atoms with E-state index in [4.69, 9.17) is 5.73 Å². The number of hydrogen-bond donors (Lipinski definition) is 2. The summed E-state index contributed by atoms with van der Waals surface area (Å²) >= 11 is 0. The Kier molecular flexibility index (Phi) is 3.72. The number of amides is 2. The average molecular weight is 339 g/mol. The number of primary amides is 1. The van der Waals surface area contributed by atoms with Gasteiger partial charge in [0, 0.05) is 23.5 Å². The lowest BCUT2D eigenvalue weighted by molar-refractivity contribution is -0.140. The lowest BCUT2D eigenvalue weighted by Gasteiger charge is -2.37. The lowest BCUT2D eigenvalue weighted by atomic mass is 9.91. The van der Waals surface area contributed by atoms with E-state index in [1.807, 2.05) is 30.3 Å². The molecule has 0 spiro atoms. The van der Waals surface area contributed by atoms with Crippen molar-refractivity contribution in [2.45, 2.75) is 37.2 Å². The maximum absolute atomic E-state index is 13.2. The standard InChI is InChI=1S/C19H21N3O3/c20-18(24)19(25)8-3-9-22(11-19)17(23)14-10-16(12-6-7-12)21-15-5-2-1-4-13(14)15/h1-2,4-5,10,12,25H,3,6-9,11H2,(H2,20,24)/t19-/m0/s1. The molecule has 2 aromatic rings. The van der Waals surface area contributed by atoms with Crippen LogP contribution in [0.2, 0.25) is 0 Å². The number of nitrogens with two attached hydrogens (primary N) is 1. The lowest BCUT2D eigenvalue weighted by Crippen LogP contribution is -2.57. The Morgan fingerprint density at radius 3 is 2.76 bits per heavy atom. The molecule has 2 fully saturated rings. The molecule has 1 aromatic heterocycles. The number of aliphatic hydroxyl groups is 1. The third-order valence-corrected chi connectivity index (χ3v) is 5.18. The molecule has 1 aliphatic carbocycles. The molecule has 2 amide bonds. The van der Waals surface area contributed by atoms with Gasteiger partial charge in [0.2, 0.25) is 0 Å². The van der Waals surface area contributed by atoms with E-state index in [9.17, 15) is 14.7 Å². The van der Waals surface area contributed by atoms with Gasteiger partial charge in [-0.15, -0.1) is 0 Å². The van der Waals surface area contributed by atoms with Crippen molar-refractivity contribution < 1.29 is 14.7 Å². The minimum absolute atomic E-state index is 0.0590. The van der Waals surface area contributed by atoms with Crippen molar-refractivity contribution in [3.63, 3.8) is 0 Å². The molecule has 1 aromatic carbocycles. The van der Waals surface area contributed by atoms with Crippen molar-refractivity contribution in [3.8, 4) is 0 Å². The highest BCUT2D eigenvalue weighted by Gasteiger charge is 2.40. The number of piperidine rings is 1. The number of fused-ring (bicyclic) bond motifs is 1. The van der Waals surface area contributed by atoms with E-state index in [2.05, 4.69) is 4.98 Å². The van der Waals surface area contributed by atoms with Crippen molar-refractivity contribution in [2.24, 2.45) is 5.73 Å². The number of nitrogens with zero attached hydrogens (tertiary/aromatic N) is 2. The molecule has 6 heteroatoms. The third kappa shape index (κ3) is 2.87. The highest BCUT2D eigenvalue weighted by molar-refractivity contribution is 6.06. The second-order valence-electron chi connectivity index (χ2n) is 7.11. The van der Waals surface area contributed by atoms with Gasteiger partial charge in [-0.3, -0.25) is 14.6 Å². The topological polar surface area (TPSA) is 96.5 Å². The molecule has 130 valence electrons. The number of carbonyl (C=O) groups is 2. The monoisotopic (exact) mass is 339 g/mol. The zero-order chi connectivity index (χ0) is 17.6. The molecule has 1 saturated carbocycles. The van der Waals surface area contributed by atoms with Gasteiger partial charge in [0.25, 0.3) is 11.8 Å². The first kappa shape index (κ1) is 16.0. The van der Waals surface area contributed by atoms with Crippen LogP contribution in [-0.2, 0) is 4.79 Å². The van der Waals surface area contributed by atoms with Crippen LogP contribution in [-0.4, -0.2) is 45.5 Å². The Morgan fingerprint density at radius 1 is 1.28 bits per heavy atom. The number of benzene rings is 1. The molecule has 0 radical (unpaired) electrons. The van der Waals surface area contributed by atoms with E-state index in [0.717, 1.165) is 29.4 Å². The van der Waals surface area contributed by atoms with E-state index < -0.39 is 11.5 Å². The molecule has 0 bridgehead atoms. The predicted molar refractivity (Wildman–Crippen MR) is 93.0 cm³/mol. The summed E-state index contributed by atoms with van der Waals surface area (Å²) in [7, 11) is 0. The zero-order valence-electron chi connectivity index (χ0n) is 13.9. The molecular formula is C19H21N3O3. The van der Waals surface area contributed by atoms with Crippen LogP contribution in [0.3, 0.4) is 0 Å². The van der Waals surface area contributed by atoms with Crippen molar-refractivity contribution >= 4 is 22.7 Å². The average Bonchev–Trinajstić information content (AvgIpc) is 3.45. The summed E-state index contributed by atoms with van der Waals surface area (Å²) in [6, 6.07) is 9.46. The number of rotatable bonds is 3.